The average Bonchev–Trinajstić information content (AvgIpc) is 2.29. The van der Waals surface area contributed by atoms with Crippen LogP contribution < -0.4 is 0 Å². The fourth-order valence-electron chi connectivity index (χ4n) is 2.01. The predicted octanol–water partition coefficient (Wildman–Crippen LogP) is 1.83. The van der Waals surface area contributed by atoms with Gasteiger partial charge in [0.2, 0.25) is 0 Å². The summed E-state index contributed by atoms with van der Waals surface area (Å²) in [5.74, 6) is 0.740. The van der Waals surface area contributed by atoms with Crippen LogP contribution in [-0.4, -0.2) is 24.4 Å². The highest BCUT2D eigenvalue weighted by molar-refractivity contribution is 14.1. The van der Waals surface area contributed by atoms with Gasteiger partial charge in [0.1, 0.15) is 7.85 Å². The molecule has 0 N–H and O–H groups in total. The van der Waals surface area contributed by atoms with Crippen molar-refractivity contribution in [3.63, 3.8) is 0 Å². The van der Waals surface area contributed by atoms with Crippen LogP contribution in [0.4, 0.5) is 0 Å². The Kier molecular flexibility index (Phi) is 3.49. The van der Waals surface area contributed by atoms with Crippen molar-refractivity contribution >= 4 is 30.4 Å². The molecule has 1 rings (SSSR count). The number of hydrogen-bond acceptors (Lipinski definition) is 1. The van der Waals surface area contributed by atoms with Crippen molar-refractivity contribution in [2.75, 3.05) is 4.43 Å². The Morgan fingerprint density at radius 2 is 2.08 bits per heavy atom. The molecule has 0 radical (unpaired) electrons. The largest absolute Gasteiger partial charge is 0.383 e. The Labute approximate surface area is 90.2 Å². The van der Waals surface area contributed by atoms with Crippen molar-refractivity contribution in [1.82, 2.24) is 0 Å². The lowest BCUT2D eigenvalue weighted by atomic mass is 9.74. The van der Waals surface area contributed by atoms with Gasteiger partial charge in [-0.15, -0.1) is 0 Å². The van der Waals surface area contributed by atoms with Gasteiger partial charge in [0, 0.05) is 10.4 Å². The predicted molar refractivity (Wildman–Crippen MR) is 63.7 cm³/mol. The summed E-state index contributed by atoms with van der Waals surface area (Å²) in [4.78, 5) is 0. The molecule has 12 heavy (non-hydrogen) atoms. The molecule has 3 heteroatoms. The van der Waals surface area contributed by atoms with Crippen LogP contribution in [0.3, 0.4) is 0 Å². The zero-order valence-electron chi connectivity index (χ0n) is 8.43. The van der Waals surface area contributed by atoms with Gasteiger partial charge < -0.3 is 4.74 Å². The first-order valence-corrected chi connectivity index (χ1v) is 6.19. The molecule has 1 aliphatic heterocycles. The molecule has 1 saturated heterocycles. The molecule has 1 heterocycles. The lowest BCUT2D eigenvalue weighted by Crippen LogP contribution is -2.29. The number of alkyl halides is 1. The summed E-state index contributed by atoms with van der Waals surface area (Å²) in [6, 6.07) is 0.467. The highest BCUT2D eigenvalue weighted by Gasteiger charge is 2.39. The lowest BCUT2D eigenvalue weighted by molar-refractivity contribution is 0.0651. The van der Waals surface area contributed by atoms with E-state index in [9.17, 15) is 0 Å². The van der Waals surface area contributed by atoms with Gasteiger partial charge in [0.05, 0.1) is 6.10 Å². The standard InChI is InChI=1S/C9H18BIO/c1-9(2,3)6-4-8(10)12-7(6)5-11/h6-8H,4-5,10H2,1-3H3. The number of ether oxygens (including phenoxy) is 1. The van der Waals surface area contributed by atoms with Crippen LogP contribution in [0.5, 0.6) is 0 Å². The van der Waals surface area contributed by atoms with Gasteiger partial charge in [-0.05, 0) is 17.8 Å². The minimum Gasteiger partial charge on any atom is -0.383 e. The Hall–Kier alpha value is 0.755. The fourth-order valence-corrected chi connectivity index (χ4v) is 2.83. The molecule has 0 amide bonds. The molecule has 0 saturated carbocycles. The Bertz CT molecular complexity index is 155. The molecule has 1 aliphatic rings. The third-order valence-electron chi connectivity index (χ3n) is 2.71. The van der Waals surface area contributed by atoms with Crippen LogP contribution >= 0.6 is 22.6 Å². The van der Waals surface area contributed by atoms with Crippen LogP contribution in [0.15, 0.2) is 0 Å². The summed E-state index contributed by atoms with van der Waals surface area (Å²) in [5, 5.41) is 0. The van der Waals surface area contributed by atoms with E-state index in [2.05, 4.69) is 51.2 Å². The topological polar surface area (TPSA) is 9.23 Å². The maximum atomic E-state index is 5.84. The second-order valence-electron chi connectivity index (χ2n) is 4.85. The molecule has 1 fully saturated rings. The molecular weight excluding hydrogens is 262 g/mol. The summed E-state index contributed by atoms with van der Waals surface area (Å²) in [5.41, 5.74) is 0.403. The van der Waals surface area contributed by atoms with E-state index in [-0.39, 0.29) is 0 Å². The van der Waals surface area contributed by atoms with Gasteiger partial charge in [-0.2, -0.15) is 0 Å². The van der Waals surface area contributed by atoms with E-state index in [0.29, 0.717) is 17.5 Å². The van der Waals surface area contributed by atoms with Crippen molar-refractivity contribution in [1.29, 1.82) is 0 Å². The summed E-state index contributed by atoms with van der Waals surface area (Å²) >= 11 is 2.43. The number of rotatable bonds is 1. The van der Waals surface area contributed by atoms with E-state index < -0.39 is 0 Å². The maximum absolute atomic E-state index is 5.84. The van der Waals surface area contributed by atoms with Gasteiger partial charge in [-0.1, -0.05) is 43.4 Å². The first-order chi connectivity index (χ1) is 5.45. The van der Waals surface area contributed by atoms with Crippen LogP contribution in [0.1, 0.15) is 27.2 Å². The second-order valence-corrected chi connectivity index (χ2v) is 5.73. The number of hydrogen-bond donors (Lipinski definition) is 0. The molecule has 3 unspecified atom stereocenters. The van der Waals surface area contributed by atoms with Crippen LogP contribution in [0, 0.1) is 11.3 Å². The smallest absolute Gasteiger partial charge is 0.139 e. The maximum Gasteiger partial charge on any atom is 0.139 e. The Balaban J connectivity index is 2.64. The summed E-state index contributed by atoms with van der Waals surface area (Å²) in [6.07, 6.45) is 1.72. The van der Waals surface area contributed by atoms with Gasteiger partial charge in [0.15, 0.2) is 0 Å². The summed E-state index contributed by atoms with van der Waals surface area (Å²) < 4.78 is 6.97. The zero-order valence-corrected chi connectivity index (χ0v) is 10.6. The molecule has 0 aromatic heterocycles. The number of halogens is 1. The van der Waals surface area contributed by atoms with Crippen molar-refractivity contribution < 1.29 is 4.74 Å². The normalized spacial score (nSPS) is 37.2. The highest BCUT2D eigenvalue weighted by atomic mass is 127. The van der Waals surface area contributed by atoms with Gasteiger partial charge in [0.25, 0.3) is 0 Å². The third-order valence-corrected chi connectivity index (χ3v) is 3.57. The van der Waals surface area contributed by atoms with Crippen LogP contribution in [-0.2, 0) is 4.74 Å². The fraction of sp³-hybridized carbons (Fsp3) is 1.00. The molecule has 0 spiro atoms. The average molecular weight is 280 g/mol. The molecule has 0 aliphatic carbocycles. The van der Waals surface area contributed by atoms with Crippen molar-refractivity contribution in [2.45, 2.75) is 39.3 Å². The Morgan fingerprint density at radius 3 is 2.42 bits per heavy atom. The van der Waals surface area contributed by atoms with E-state index >= 15 is 0 Å². The summed E-state index contributed by atoms with van der Waals surface area (Å²) in [7, 11) is 2.19. The second kappa shape index (κ2) is 3.87. The van der Waals surface area contributed by atoms with Crippen molar-refractivity contribution in [2.24, 2.45) is 11.3 Å². The molecule has 3 atom stereocenters. The third kappa shape index (κ3) is 2.38. The molecular formula is C9H18BIO. The zero-order chi connectivity index (χ0) is 9.35. The molecule has 70 valence electrons. The van der Waals surface area contributed by atoms with E-state index in [4.69, 9.17) is 4.74 Å². The van der Waals surface area contributed by atoms with Gasteiger partial charge in [-0.25, -0.2) is 0 Å². The van der Waals surface area contributed by atoms with E-state index in [1.165, 1.54) is 6.42 Å². The van der Waals surface area contributed by atoms with E-state index in [1.807, 2.05) is 0 Å². The first-order valence-electron chi connectivity index (χ1n) is 4.66. The SMILES string of the molecule is BC1CC(C(C)(C)C)C(CI)O1. The molecule has 1 nitrogen and oxygen atoms in total. The minimum absolute atomic E-state index is 0.403. The van der Waals surface area contributed by atoms with Crippen molar-refractivity contribution in [3.05, 3.63) is 0 Å². The Morgan fingerprint density at radius 1 is 1.50 bits per heavy atom. The van der Waals surface area contributed by atoms with E-state index in [0.717, 1.165) is 10.3 Å². The van der Waals surface area contributed by atoms with Gasteiger partial charge >= 0.3 is 0 Å². The lowest BCUT2D eigenvalue weighted by Gasteiger charge is -2.30. The molecule has 0 aromatic rings. The molecule has 0 aromatic carbocycles. The van der Waals surface area contributed by atoms with Crippen LogP contribution in [0.25, 0.3) is 0 Å². The highest BCUT2D eigenvalue weighted by Crippen LogP contribution is 2.39. The monoisotopic (exact) mass is 280 g/mol. The van der Waals surface area contributed by atoms with Crippen LogP contribution in [0.2, 0.25) is 0 Å². The van der Waals surface area contributed by atoms with Crippen molar-refractivity contribution in [3.8, 4) is 0 Å². The van der Waals surface area contributed by atoms with Gasteiger partial charge in [-0.3, -0.25) is 0 Å². The van der Waals surface area contributed by atoms with E-state index in [1.54, 1.807) is 0 Å². The summed E-state index contributed by atoms with van der Waals surface area (Å²) in [6.45, 7) is 6.95. The first kappa shape index (κ1) is 10.8. The molecule has 0 bridgehead atoms. The quantitative estimate of drug-likeness (QED) is 0.404. The minimum atomic E-state index is 0.403.